The minimum Gasteiger partial charge on any atom is -0.507 e. The lowest BCUT2D eigenvalue weighted by Gasteiger charge is -2.28. The molecule has 2 atom stereocenters. The molecule has 0 aliphatic carbocycles. The van der Waals surface area contributed by atoms with E-state index in [9.17, 15) is 15.0 Å². The lowest BCUT2D eigenvalue weighted by molar-refractivity contribution is 0.0997. The minimum atomic E-state index is -0.782. The van der Waals surface area contributed by atoms with Gasteiger partial charge in [-0.25, -0.2) is 0 Å². The van der Waals surface area contributed by atoms with Gasteiger partial charge in [0.05, 0.1) is 11.7 Å². The Hall–Kier alpha value is -2.57. The van der Waals surface area contributed by atoms with Crippen LogP contribution in [0.2, 0.25) is 0 Å². The van der Waals surface area contributed by atoms with Crippen molar-refractivity contribution in [3.05, 3.63) is 59.2 Å². The first kappa shape index (κ1) is 22.1. The van der Waals surface area contributed by atoms with Gasteiger partial charge in [-0.15, -0.1) is 0 Å². The van der Waals surface area contributed by atoms with Crippen LogP contribution in [0.1, 0.15) is 60.2 Å². The van der Waals surface area contributed by atoms with Gasteiger partial charge in [0.2, 0.25) is 0 Å². The number of nitrogens with one attached hydrogen (secondary N) is 1. The summed E-state index contributed by atoms with van der Waals surface area (Å²) in [6, 6.07) is 13.5. The molecule has 3 rings (SSSR count). The number of benzene rings is 2. The van der Waals surface area contributed by atoms with Crippen molar-refractivity contribution < 1.29 is 15.0 Å². The number of carbonyl (C=O) groups excluding carboxylic acids is 1. The van der Waals surface area contributed by atoms with Crippen molar-refractivity contribution in [2.45, 2.75) is 51.2 Å². The summed E-state index contributed by atoms with van der Waals surface area (Å²) in [5.74, 6) is -0.889. The number of piperidine rings is 1. The third-order valence-electron chi connectivity index (χ3n) is 5.85. The monoisotopic (exact) mass is 411 g/mol. The van der Waals surface area contributed by atoms with E-state index in [1.165, 1.54) is 42.6 Å². The molecule has 1 fully saturated rings. The van der Waals surface area contributed by atoms with E-state index >= 15 is 0 Å². The number of hydrogen-bond donors (Lipinski definition) is 4. The summed E-state index contributed by atoms with van der Waals surface area (Å²) in [4.78, 5) is 13.8. The highest BCUT2D eigenvalue weighted by molar-refractivity contribution is 5.95. The fourth-order valence-electron chi connectivity index (χ4n) is 3.90. The van der Waals surface area contributed by atoms with Gasteiger partial charge < -0.3 is 26.2 Å². The van der Waals surface area contributed by atoms with Crippen molar-refractivity contribution in [1.29, 1.82) is 0 Å². The molecule has 1 heterocycles. The van der Waals surface area contributed by atoms with Gasteiger partial charge in [-0.2, -0.15) is 0 Å². The summed E-state index contributed by atoms with van der Waals surface area (Å²) in [5, 5.41) is 23.4. The van der Waals surface area contributed by atoms with Crippen molar-refractivity contribution in [2.24, 2.45) is 5.73 Å². The smallest absolute Gasteiger partial charge is 0.252 e. The highest BCUT2D eigenvalue weighted by atomic mass is 16.3. The van der Waals surface area contributed by atoms with Crippen molar-refractivity contribution in [3.63, 3.8) is 0 Å². The van der Waals surface area contributed by atoms with Gasteiger partial charge in [0.25, 0.3) is 5.91 Å². The Kier molecular flexibility index (Phi) is 7.71. The predicted molar refractivity (Wildman–Crippen MR) is 120 cm³/mol. The SMILES string of the molecule is CC(CCc1ccc(N2CCCCC2)cc1)NCC(O)c1ccc(O)c(C(N)=O)c1. The standard InChI is InChI=1S/C24H33N3O3/c1-17(26-16-23(29)19-9-12-22(28)21(15-19)24(25)30)5-6-18-7-10-20(11-8-18)27-13-3-2-4-14-27/h7-12,15,17,23,26,28-29H,2-6,13-14,16H2,1H3,(H2,25,30). The number of amides is 1. The fraction of sp³-hybridized carbons (Fsp3) is 0.458. The van der Waals surface area contributed by atoms with Crippen LogP contribution in [0.4, 0.5) is 5.69 Å². The second kappa shape index (κ2) is 10.5. The van der Waals surface area contributed by atoms with E-state index in [0.29, 0.717) is 12.1 Å². The van der Waals surface area contributed by atoms with Crippen LogP contribution in [0.5, 0.6) is 5.75 Å². The topological polar surface area (TPSA) is 98.8 Å². The van der Waals surface area contributed by atoms with Crippen LogP contribution in [-0.4, -0.2) is 41.8 Å². The van der Waals surface area contributed by atoms with Gasteiger partial charge in [0, 0.05) is 31.4 Å². The number of rotatable bonds is 9. The molecule has 2 unspecified atom stereocenters. The molecule has 0 saturated carbocycles. The molecule has 1 amide bonds. The maximum Gasteiger partial charge on any atom is 0.252 e. The highest BCUT2D eigenvalue weighted by Gasteiger charge is 2.15. The normalized spacial score (nSPS) is 16.3. The number of nitrogens with two attached hydrogens (primary N) is 1. The molecule has 2 aromatic carbocycles. The Balaban J connectivity index is 1.45. The fourth-order valence-corrected chi connectivity index (χ4v) is 3.90. The van der Waals surface area contributed by atoms with E-state index in [-0.39, 0.29) is 17.4 Å². The summed E-state index contributed by atoms with van der Waals surface area (Å²) < 4.78 is 0. The van der Waals surface area contributed by atoms with Crippen molar-refractivity contribution in [1.82, 2.24) is 5.32 Å². The molecule has 0 aromatic heterocycles. The van der Waals surface area contributed by atoms with Crippen LogP contribution in [0.25, 0.3) is 0 Å². The number of carbonyl (C=O) groups is 1. The molecule has 0 bridgehead atoms. The first-order chi connectivity index (χ1) is 14.4. The van der Waals surface area contributed by atoms with E-state index < -0.39 is 12.0 Å². The molecule has 6 nitrogen and oxygen atoms in total. The number of aryl methyl sites for hydroxylation is 1. The Morgan fingerprint density at radius 3 is 2.50 bits per heavy atom. The number of aliphatic hydroxyl groups is 1. The van der Waals surface area contributed by atoms with E-state index in [0.717, 1.165) is 25.9 Å². The Morgan fingerprint density at radius 1 is 1.13 bits per heavy atom. The zero-order valence-corrected chi connectivity index (χ0v) is 17.7. The van der Waals surface area contributed by atoms with E-state index in [1.54, 1.807) is 6.07 Å². The Labute approximate surface area is 178 Å². The Bertz CT molecular complexity index is 832. The summed E-state index contributed by atoms with van der Waals surface area (Å²) in [5.41, 5.74) is 8.46. The van der Waals surface area contributed by atoms with Crippen LogP contribution in [0.15, 0.2) is 42.5 Å². The van der Waals surface area contributed by atoms with Crippen molar-refractivity contribution in [3.8, 4) is 5.75 Å². The highest BCUT2D eigenvalue weighted by Crippen LogP contribution is 2.23. The molecular weight excluding hydrogens is 378 g/mol. The molecule has 0 radical (unpaired) electrons. The largest absolute Gasteiger partial charge is 0.507 e. The van der Waals surface area contributed by atoms with Gasteiger partial charge >= 0.3 is 0 Å². The van der Waals surface area contributed by atoms with Crippen molar-refractivity contribution in [2.75, 3.05) is 24.5 Å². The molecule has 30 heavy (non-hydrogen) atoms. The second-order valence-corrected chi connectivity index (χ2v) is 8.22. The Morgan fingerprint density at radius 2 is 1.83 bits per heavy atom. The zero-order chi connectivity index (χ0) is 21.5. The van der Waals surface area contributed by atoms with Crippen LogP contribution in [0.3, 0.4) is 0 Å². The lowest BCUT2D eigenvalue weighted by Crippen LogP contribution is -2.31. The van der Waals surface area contributed by atoms with Crippen LogP contribution >= 0.6 is 0 Å². The molecule has 1 saturated heterocycles. The first-order valence-electron chi connectivity index (χ1n) is 10.8. The lowest BCUT2D eigenvalue weighted by atomic mass is 10.0. The van der Waals surface area contributed by atoms with Gasteiger partial charge in [-0.05, 0) is 74.4 Å². The number of nitrogens with zero attached hydrogens (tertiary/aromatic N) is 1. The molecular formula is C24H33N3O3. The molecule has 0 spiro atoms. The molecule has 162 valence electrons. The van der Waals surface area contributed by atoms with Crippen LogP contribution in [-0.2, 0) is 6.42 Å². The third kappa shape index (κ3) is 5.97. The van der Waals surface area contributed by atoms with Gasteiger partial charge in [-0.1, -0.05) is 18.2 Å². The van der Waals surface area contributed by atoms with Gasteiger partial charge in [0.1, 0.15) is 5.75 Å². The number of aliphatic hydroxyl groups excluding tert-OH is 1. The first-order valence-corrected chi connectivity index (χ1v) is 10.8. The average Bonchev–Trinajstić information content (AvgIpc) is 2.77. The van der Waals surface area contributed by atoms with Gasteiger partial charge in [-0.3, -0.25) is 4.79 Å². The van der Waals surface area contributed by atoms with Gasteiger partial charge in [0.15, 0.2) is 0 Å². The number of hydrogen-bond acceptors (Lipinski definition) is 5. The maximum absolute atomic E-state index is 11.4. The quantitative estimate of drug-likeness (QED) is 0.508. The van der Waals surface area contributed by atoms with Crippen LogP contribution < -0.4 is 16.0 Å². The van der Waals surface area contributed by atoms with E-state index in [2.05, 4.69) is 41.4 Å². The molecule has 1 aliphatic heterocycles. The number of anilines is 1. The maximum atomic E-state index is 11.4. The molecule has 5 N–H and O–H groups in total. The number of aromatic hydroxyl groups is 1. The summed E-state index contributed by atoms with van der Waals surface area (Å²) in [6.07, 6.45) is 5.05. The molecule has 6 heteroatoms. The number of primary amides is 1. The van der Waals surface area contributed by atoms with Crippen LogP contribution in [0, 0.1) is 0 Å². The third-order valence-corrected chi connectivity index (χ3v) is 5.85. The van der Waals surface area contributed by atoms with Crippen molar-refractivity contribution >= 4 is 11.6 Å². The molecule has 1 aliphatic rings. The predicted octanol–water partition coefficient (Wildman–Crippen LogP) is 3.13. The number of phenols is 1. The zero-order valence-electron chi connectivity index (χ0n) is 17.7. The average molecular weight is 412 g/mol. The minimum absolute atomic E-state index is 0.0209. The summed E-state index contributed by atoms with van der Waals surface area (Å²) in [7, 11) is 0. The second-order valence-electron chi connectivity index (χ2n) is 8.22. The van der Waals surface area contributed by atoms with E-state index in [4.69, 9.17) is 5.73 Å². The molecule has 2 aromatic rings. The summed E-state index contributed by atoms with van der Waals surface area (Å²) >= 11 is 0. The summed E-state index contributed by atoms with van der Waals surface area (Å²) in [6.45, 7) is 4.77. The van der Waals surface area contributed by atoms with E-state index in [1.807, 2.05) is 0 Å².